The lowest BCUT2D eigenvalue weighted by molar-refractivity contribution is -0.126. The van der Waals surface area contributed by atoms with Gasteiger partial charge in [0.1, 0.15) is 5.75 Å². The highest BCUT2D eigenvalue weighted by atomic mass is 16.5. The highest BCUT2D eigenvalue weighted by Crippen LogP contribution is 2.14. The number of nitrogens with one attached hydrogen (secondary N) is 1. The fraction of sp³-hybridized carbons (Fsp3) is 0.533. The highest BCUT2D eigenvalue weighted by molar-refractivity contribution is 5.85. The van der Waals surface area contributed by atoms with Crippen molar-refractivity contribution in [1.29, 1.82) is 0 Å². The molecule has 19 heavy (non-hydrogen) atoms. The van der Waals surface area contributed by atoms with Gasteiger partial charge >= 0.3 is 0 Å². The zero-order chi connectivity index (χ0) is 14.3. The predicted molar refractivity (Wildman–Crippen MR) is 77.0 cm³/mol. The number of carbonyl (C=O) groups excluding carboxylic acids is 1. The fourth-order valence-electron chi connectivity index (χ4n) is 1.93. The average Bonchev–Trinajstić information content (AvgIpc) is 2.36. The molecule has 106 valence electrons. The minimum absolute atomic E-state index is 0.115. The van der Waals surface area contributed by atoms with Crippen LogP contribution in [0.3, 0.4) is 0 Å². The van der Waals surface area contributed by atoms with Crippen LogP contribution in [0.2, 0.25) is 0 Å². The summed E-state index contributed by atoms with van der Waals surface area (Å²) in [4.78, 5) is 12.0. The molecule has 4 heteroatoms. The smallest absolute Gasteiger partial charge is 0.240 e. The lowest BCUT2D eigenvalue weighted by Gasteiger charge is -2.22. The predicted octanol–water partition coefficient (Wildman–Crippen LogP) is 2.22. The van der Waals surface area contributed by atoms with Crippen LogP contribution in [0.4, 0.5) is 0 Å². The van der Waals surface area contributed by atoms with E-state index in [4.69, 9.17) is 10.5 Å². The molecule has 1 aromatic rings. The van der Waals surface area contributed by atoms with Gasteiger partial charge in [0, 0.05) is 6.54 Å². The van der Waals surface area contributed by atoms with Gasteiger partial charge < -0.3 is 15.8 Å². The molecular formula is C15H24N2O2. The Morgan fingerprint density at radius 3 is 2.79 bits per heavy atom. The van der Waals surface area contributed by atoms with Gasteiger partial charge in [-0.25, -0.2) is 0 Å². The standard InChI is InChI=1S/C15H24N2O2/c1-4-9-15(3,16)14(18)17-11-12-7-6-8-13(10-12)19-5-2/h6-8,10H,4-5,9,11,16H2,1-3H3,(H,17,18). The first-order chi connectivity index (χ1) is 8.99. The van der Waals surface area contributed by atoms with Crippen molar-refractivity contribution in [3.05, 3.63) is 29.8 Å². The molecule has 1 aromatic carbocycles. The normalized spacial score (nSPS) is 13.7. The molecule has 1 rings (SSSR count). The molecule has 0 bridgehead atoms. The van der Waals surface area contributed by atoms with E-state index in [1.54, 1.807) is 6.92 Å². The number of carbonyl (C=O) groups is 1. The summed E-state index contributed by atoms with van der Waals surface area (Å²) in [5, 5.41) is 2.87. The van der Waals surface area contributed by atoms with E-state index in [-0.39, 0.29) is 5.91 Å². The molecular weight excluding hydrogens is 240 g/mol. The van der Waals surface area contributed by atoms with Crippen LogP contribution in [0.1, 0.15) is 39.2 Å². The maximum Gasteiger partial charge on any atom is 0.240 e. The first-order valence-corrected chi connectivity index (χ1v) is 6.78. The van der Waals surface area contributed by atoms with Crippen molar-refractivity contribution < 1.29 is 9.53 Å². The summed E-state index contributed by atoms with van der Waals surface area (Å²) >= 11 is 0. The van der Waals surface area contributed by atoms with Crippen molar-refractivity contribution in [3.8, 4) is 5.75 Å². The summed E-state index contributed by atoms with van der Waals surface area (Å²) in [6, 6.07) is 7.70. The zero-order valence-electron chi connectivity index (χ0n) is 12.0. The van der Waals surface area contributed by atoms with Gasteiger partial charge in [0.2, 0.25) is 5.91 Å². The van der Waals surface area contributed by atoms with Crippen molar-refractivity contribution >= 4 is 5.91 Å². The average molecular weight is 264 g/mol. The quantitative estimate of drug-likeness (QED) is 0.793. The van der Waals surface area contributed by atoms with Gasteiger partial charge in [0.05, 0.1) is 12.1 Å². The van der Waals surface area contributed by atoms with Crippen molar-refractivity contribution in [2.45, 2.75) is 45.7 Å². The molecule has 0 aliphatic heterocycles. The molecule has 0 fully saturated rings. The van der Waals surface area contributed by atoms with Gasteiger partial charge in [0.25, 0.3) is 0 Å². The van der Waals surface area contributed by atoms with E-state index in [9.17, 15) is 4.79 Å². The molecule has 1 unspecified atom stereocenters. The number of nitrogens with two attached hydrogens (primary N) is 1. The Kier molecular flexibility index (Phi) is 5.83. The van der Waals surface area contributed by atoms with Crippen LogP contribution in [0.25, 0.3) is 0 Å². The maximum absolute atomic E-state index is 12.0. The van der Waals surface area contributed by atoms with Crippen molar-refractivity contribution in [2.24, 2.45) is 5.73 Å². The topological polar surface area (TPSA) is 64.4 Å². The molecule has 4 nitrogen and oxygen atoms in total. The molecule has 0 heterocycles. The Labute approximate surface area is 115 Å². The van der Waals surface area contributed by atoms with Crippen LogP contribution in [-0.2, 0) is 11.3 Å². The highest BCUT2D eigenvalue weighted by Gasteiger charge is 2.26. The minimum atomic E-state index is -0.799. The number of amides is 1. The third-order valence-corrected chi connectivity index (χ3v) is 2.95. The molecule has 0 saturated heterocycles. The van der Waals surface area contributed by atoms with Crippen LogP contribution in [0.5, 0.6) is 5.75 Å². The summed E-state index contributed by atoms with van der Waals surface area (Å²) in [6.07, 6.45) is 1.57. The van der Waals surface area contributed by atoms with E-state index < -0.39 is 5.54 Å². The lowest BCUT2D eigenvalue weighted by Crippen LogP contribution is -2.51. The second kappa shape index (κ2) is 7.14. The van der Waals surface area contributed by atoms with Gasteiger partial charge in [0.15, 0.2) is 0 Å². The number of hydrogen-bond donors (Lipinski definition) is 2. The van der Waals surface area contributed by atoms with Crippen LogP contribution >= 0.6 is 0 Å². The number of ether oxygens (including phenoxy) is 1. The number of hydrogen-bond acceptors (Lipinski definition) is 3. The van der Waals surface area contributed by atoms with Crippen molar-refractivity contribution in [3.63, 3.8) is 0 Å². The minimum Gasteiger partial charge on any atom is -0.494 e. The van der Waals surface area contributed by atoms with Gasteiger partial charge in [-0.3, -0.25) is 4.79 Å². The summed E-state index contributed by atoms with van der Waals surface area (Å²) in [6.45, 7) is 6.83. The van der Waals surface area contributed by atoms with Crippen LogP contribution in [0, 0.1) is 0 Å². The van der Waals surface area contributed by atoms with Crippen LogP contribution < -0.4 is 15.8 Å². The first-order valence-electron chi connectivity index (χ1n) is 6.78. The Hall–Kier alpha value is -1.55. The molecule has 1 amide bonds. The number of rotatable bonds is 7. The summed E-state index contributed by atoms with van der Waals surface area (Å²) in [7, 11) is 0. The maximum atomic E-state index is 12.0. The molecule has 0 spiro atoms. The van der Waals surface area contributed by atoms with Gasteiger partial charge in [-0.2, -0.15) is 0 Å². The fourth-order valence-corrected chi connectivity index (χ4v) is 1.93. The monoisotopic (exact) mass is 264 g/mol. The molecule has 0 aliphatic carbocycles. The summed E-state index contributed by atoms with van der Waals surface area (Å²) in [5.41, 5.74) is 6.18. The largest absolute Gasteiger partial charge is 0.494 e. The van der Waals surface area contributed by atoms with E-state index >= 15 is 0 Å². The third-order valence-electron chi connectivity index (χ3n) is 2.95. The Bertz CT molecular complexity index is 416. The molecule has 0 aromatic heterocycles. The molecule has 0 saturated carbocycles. The van der Waals surface area contributed by atoms with E-state index in [1.807, 2.05) is 38.1 Å². The third kappa shape index (κ3) is 4.91. The summed E-state index contributed by atoms with van der Waals surface area (Å²) in [5.74, 6) is 0.703. The molecule has 3 N–H and O–H groups in total. The molecule has 1 atom stereocenters. The molecule has 0 aliphatic rings. The SMILES string of the molecule is CCCC(C)(N)C(=O)NCc1cccc(OCC)c1. The number of benzene rings is 1. The van der Waals surface area contributed by atoms with E-state index in [0.29, 0.717) is 19.6 Å². The summed E-state index contributed by atoms with van der Waals surface area (Å²) < 4.78 is 5.42. The van der Waals surface area contributed by atoms with E-state index in [0.717, 1.165) is 17.7 Å². The molecule has 0 radical (unpaired) electrons. The first kappa shape index (κ1) is 15.5. The van der Waals surface area contributed by atoms with E-state index in [2.05, 4.69) is 5.32 Å². The van der Waals surface area contributed by atoms with Crippen LogP contribution in [-0.4, -0.2) is 18.1 Å². The van der Waals surface area contributed by atoms with Gasteiger partial charge in [-0.15, -0.1) is 0 Å². The van der Waals surface area contributed by atoms with Gasteiger partial charge in [-0.1, -0.05) is 25.5 Å². The van der Waals surface area contributed by atoms with Crippen molar-refractivity contribution in [1.82, 2.24) is 5.32 Å². The van der Waals surface area contributed by atoms with Crippen molar-refractivity contribution in [2.75, 3.05) is 6.61 Å². The Morgan fingerprint density at radius 1 is 1.42 bits per heavy atom. The van der Waals surface area contributed by atoms with E-state index in [1.165, 1.54) is 0 Å². The second-order valence-electron chi connectivity index (χ2n) is 4.93. The van der Waals surface area contributed by atoms with Crippen LogP contribution in [0.15, 0.2) is 24.3 Å². The second-order valence-corrected chi connectivity index (χ2v) is 4.93. The Morgan fingerprint density at radius 2 is 2.16 bits per heavy atom. The van der Waals surface area contributed by atoms with Gasteiger partial charge in [-0.05, 0) is 38.0 Å². The zero-order valence-corrected chi connectivity index (χ0v) is 12.0. The Balaban J connectivity index is 2.56. The lowest BCUT2D eigenvalue weighted by atomic mass is 9.96.